The van der Waals surface area contributed by atoms with Crippen molar-refractivity contribution in [2.75, 3.05) is 0 Å². The molecule has 11 aromatic rings. The van der Waals surface area contributed by atoms with Crippen molar-refractivity contribution in [2.45, 2.75) is 0 Å². The minimum Gasteiger partial charge on any atom is -0.309 e. The lowest BCUT2D eigenvalue weighted by molar-refractivity contribution is 0.990. The molecule has 0 aliphatic rings. The minimum atomic E-state index is 0.639. The third kappa shape index (κ3) is 4.78. The molecule has 3 heterocycles. The maximum absolute atomic E-state index is 5.09. The van der Waals surface area contributed by atoms with E-state index in [9.17, 15) is 0 Å². The molecule has 54 heavy (non-hydrogen) atoms. The number of para-hydroxylation sites is 2. The first-order valence-electron chi connectivity index (χ1n) is 18.3. The van der Waals surface area contributed by atoms with E-state index < -0.39 is 0 Å². The Balaban J connectivity index is 1.13. The summed E-state index contributed by atoms with van der Waals surface area (Å²) in [5, 5.41) is 7.26. The van der Waals surface area contributed by atoms with E-state index in [1.165, 1.54) is 49.0 Å². The molecular formula is C50H32N4. The Morgan fingerprint density at radius 3 is 1.54 bits per heavy atom. The van der Waals surface area contributed by atoms with Crippen LogP contribution < -0.4 is 0 Å². The quantitative estimate of drug-likeness (QED) is 0.180. The van der Waals surface area contributed by atoms with Crippen molar-refractivity contribution in [2.24, 2.45) is 0 Å². The average Bonchev–Trinajstić information content (AvgIpc) is 3.76. The normalized spacial score (nSPS) is 11.7. The monoisotopic (exact) mass is 688 g/mol. The third-order valence-electron chi connectivity index (χ3n) is 10.8. The maximum Gasteiger partial charge on any atom is 0.234 e. The van der Waals surface area contributed by atoms with Gasteiger partial charge in [-0.3, -0.25) is 4.57 Å². The number of fused-ring (bicyclic) bond motifs is 8. The Hall–Kier alpha value is -7.30. The molecule has 0 spiro atoms. The van der Waals surface area contributed by atoms with E-state index in [-0.39, 0.29) is 0 Å². The smallest absolute Gasteiger partial charge is 0.234 e. The summed E-state index contributed by atoms with van der Waals surface area (Å²) in [7, 11) is 0. The fourth-order valence-corrected chi connectivity index (χ4v) is 8.27. The van der Waals surface area contributed by atoms with E-state index in [0.717, 1.165) is 44.5 Å². The van der Waals surface area contributed by atoms with Crippen molar-refractivity contribution in [3.8, 4) is 45.0 Å². The van der Waals surface area contributed by atoms with Gasteiger partial charge in [0.25, 0.3) is 0 Å². The maximum atomic E-state index is 5.09. The van der Waals surface area contributed by atoms with Gasteiger partial charge in [-0.1, -0.05) is 133 Å². The van der Waals surface area contributed by atoms with E-state index in [1.807, 2.05) is 12.4 Å². The van der Waals surface area contributed by atoms with Crippen molar-refractivity contribution in [3.63, 3.8) is 0 Å². The predicted molar refractivity (Wildman–Crippen MR) is 225 cm³/mol. The summed E-state index contributed by atoms with van der Waals surface area (Å²) in [6, 6.07) is 65.0. The molecule has 0 saturated heterocycles. The van der Waals surface area contributed by atoms with Gasteiger partial charge in [0.15, 0.2) is 0 Å². The SMILES string of the molecule is c1ccc(-c2cc(-c3ccccc3)cc(-c3cnc(-n4c5ccccc5c5cc6c7ccc8ccccc8c7n(-c7ccccc7)c6cc54)nc3)c2)cc1. The molecule has 4 heteroatoms. The first kappa shape index (κ1) is 30.3. The summed E-state index contributed by atoms with van der Waals surface area (Å²) in [6.07, 6.45) is 3.93. The lowest BCUT2D eigenvalue weighted by Gasteiger charge is -2.12. The number of aromatic nitrogens is 4. The number of nitrogens with zero attached hydrogens (tertiary/aromatic N) is 4. The summed E-state index contributed by atoms with van der Waals surface area (Å²) in [5.74, 6) is 0.639. The first-order valence-corrected chi connectivity index (χ1v) is 18.3. The third-order valence-corrected chi connectivity index (χ3v) is 10.8. The van der Waals surface area contributed by atoms with Crippen LogP contribution in [0.4, 0.5) is 0 Å². The van der Waals surface area contributed by atoms with Crippen LogP contribution in [0.5, 0.6) is 0 Å². The van der Waals surface area contributed by atoms with Gasteiger partial charge in [0.05, 0.1) is 22.1 Å². The molecule has 0 aliphatic heterocycles. The van der Waals surface area contributed by atoms with Crippen LogP contribution in [-0.2, 0) is 0 Å². The predicted octanol–water partition coefficient (Wildman–Crippen LogP) is 12.8. The average molecular weight is 689 g/mol. The molecule has 0 saturated carbocycles. The van der Waals surface area contributed by atoms with E-state index in [0.29, 0.717) is 5.95 Å². The molecule has 0 fully saturated rings. The molecule has 4 nitrogen and oxygen atoms in total. The van der Waals surface area contributed by atoms with Gasteiger partial charge in [-0.15, -0.1) is 0 Å². The van der Waals surface area contributed by atoms with Gasteiger partial charge in [0.2, 0.25) is 5.95 Å². The first-order chi connectivity index (χ1) is 26.8. The van der Waals surface area contributed by atoms with Crippen LogP contribution in [0.15, 0.2) is 194 Å². The van der Waals surface area contributed by atoms with Crippen LogP contribution in [-0.4, -0.2) is 19.1 Å². The van der Waals surface area contributed by atoms with Crippen molar-refractivity contribution >= 4 is 54.4 Å². The van der Waals surface area contributed by atoms with Crippen molar-refractivity contribution in [3.05, 3.63) is 194 Å². The Kier molecular flexibility index (Phi) is 6.82. The summed E-state index contributed by atoms with van der Waals surface area (Å²) >= 11 is 0. The highest BCUT2D eigenvalue weighted by atomic mass is 15.2. The zero-order valence-corrected chi connectivity index (χ0v) is 29.3. The van der Waals surface area contributed by atoms with Crippen LogP contribution >= 0.6 is 0 Å². The number of hydrogen-bond donors (Lipinski definition) is 0. The molecule has 252 valence electrons. The van der Waals surface area contributed by atoms with Gasteiger partial charge >= 0.3 is 0 Å². The molecule has 0 amide bonds. The summed E-state index contributed by atoms with van der Waals surface area (Å²) < 4.78 is 4.64. The number of benzene rings is 8. The molecular weight excluding hydrogens is 657 g/mol. The van der Waals surface area contributed by atoms with Crippen LogP contribution in [0, 0.1) is 0 Å². The van der Waals surface area contributed by atoms with Gasteiger partial charge in [-0.2, -0.15) is 0 Å². The van der Waals surface area contributed by atoms with Crippen LogP contribution in [0.25, 0.3) is 99.4 Å². The van der Waals surface area contributed by atoms with Crippen molar-refractivity contribution in [1.29, 1.82) is 0 Å². The second kappa shape index (κ2) is 12.1. The highest BCUT2D eigenvalue weighted by Gasteiger charge is 2.20. The van der Waals surface area contributed by atoms with Gasteiger partial charge in [-0.05, 0) is 81.7 Å². The van der Waals surface area contributed by atoms with Crippen molar-refractivity contribution in [1.82, 2.24) is 19.1 Å². The molecule has 0 radical (unpaired) electrons. The highest BCUT2D eigenvalue weighted by Crippen LogP contribution is 2.41. The van der Waals surface area contributed by atoms with E-state index in [4.69, 9.17) is 9.97 Å². The largest absolute Gasteiger partial charge is 0.309 e. The number of rotatable bonds is 5. The number of hydrogen-bond acceptors (Lipinski definition) is 2. The van der Waals surface area contributed by atoms with Crippen LogP contribution in [0.1, 0.15) is 0 Å². The standard InChI is InChI=1S/C50H32N4/c1-4-14-33(15-5-1)36-26-37(34-16-6-2-7-17-34)28-38(27-36)39-31-51-50(52-32-39)54-46-23-13-12-22-42(46)44-29-45-43-25-24-35-18-10-11-21-41(35)49(43)53(47(45)30-48(44)54)40-19-8-3-9-20-40/h1-32H. The summed E-state index contributed by atoms with van der Waals surface area (Å²) in [6.45, 7) is 0. The Morgan fingerprint density at radius 2 is 0.852 bits per heavy atom. The van der Waals surface area contributed by atoms with Gasteiger partial charge in [-0.25, -0.2) is 9.97 Å². The molecule has 0 bridgehead atoms. The van der Waals surface area contributed by atoms with Crippen LogP contribution in [0.2, 0.25) is 0 Å². The van der Waals surface area contributed by atoms with Crippen molar-refractivity contribution < 1.29 is 0 Å². The van der Waals surface area contributed by atoms with E-state index in [1.54, 1.807) is 0 Å². The fraction of sp³-hybridized carbons (Fsp3) is 0. The fourth-order valence-electron chi connectivity index (χ4n) is 8.27. The second-order valence-corrected chi connectivity index (χ2v) is 13.9. The zero-order valence-electron chi connectivity index (χ0n) is 29.3. The van der Waals surface area contributed by atoms with Gasteiger partial charge in [0.1, 0.15) is 0 Å². The summed E-state index contributed by atoms with van der Waals surface area (Å²) in [4.78, 5) is 10.2. The molecule has 0 N–H and O–H groups in total. The van der Waals surface area contributed by atoms with E-state index >= 15 is 0 Å². The van der Waals surface area contributed by atoms with Gasteiger partial charge < -0.3 is 4.57 Å². The van der Waals surface area contributed by atoms with Crippen LogP contribution in [0.3, 0.4) is 0 Å². The Bertz CT molecular complexity index is 3120. The zero-order chi connectivity index (χ0) is 35.6. The highest BCUT2D eigenvalue weighted by molar-refractivity contribution is 6.23. The second-order valence-electron chi connectivity index (χ2n) is 13.9. The lowest BCUT2D eigenvalue weighted by atomic mass is 9.94. The van der Waals surface area contributed by atoms with Gasteiger partial charge in [0, 0.05) is 50.6 Å². The summed E-state index contributed by atoms with van der Waals surface area (Å²) in [5.41, 5.74) is 12.3. The Labute approximate surface area is 311 Å². The molecule has 0 unspecified atom stereocenters. The van der Waals surface area contributed by atoms with E-state index in [2.05, 4.69) is 191 Å². The lowest BCUT2D eigenvalue weighted by Crippen LogP contribution is -2.01. The minimum absolute atomic E-state index is 0.639. The molecule has 8 aromatic carbocycles. The molecule has 3 aromatic heterocycles. The Morgan fingerprint density at radius 1 is 0.315 bits per heavy atom. The molecule has 11 rings (SSSR count). The molecule has 0 aliphatic carbocycles. The topological polar surface area (TPSA) is 35.6 Å². The molecule has 0 atom stereocenters.